The van der Waals surface area contributed by atoms with E-state index in [1.165, 1.54) is 54.7 Å². The molecular formula is C32H42N2O4S. The molecule has 1 aliphatic heterocycles. The second-order valence-electron chi connectivity index (χ2n) is 15.2. The summed E-state index contributed by atoms with van der Waals surface area (Å²) in [4.78, 5) is 29.6. The molecule has 0 radical (unpaired) electrons. The van der Waals surface area contributed by atoms with Crippen LogP contribution < -0.4 is 0 Å². The first-order valence-electron chi connectivity index (χ1n) is 15.5. The smallest absolute Gasteiger partial charge is 0.275 e. The molecule has 1 aromatic rings. The van der Waals surface area contributed by atoms with E-state index in [1.807, 2.05) is 19.1 Å². The van der Waals surface area contributed by atoms with Crippen LogP contribution in [0.1, 0.15) is 89.5 Å². The van der Waals surface area contributed by atoms with Crippen molar-refractivity contribution in [1.82, 2.24) is 9.21 Å². The summed E-state index contributed by atoms with van der Waals surface area (Å²) in [6, 6.07) is 5.54. The summed E-state index contributed by atoms with van der Waals surface area (Å²) < 4.78 is 30.4. The summed E-state index contributed by atoms with van der Waals surface area (Å²) in [6.07, 6.45) is 13.7. The fourth-order valence-corrected chi connectivity index (χ4v) is 13.9. The standard InChI is InChI=1S/C32H42N2O4S/c1-19-3-5-27(6-4-19)39(37,38)34-29(32-16-24-10-25(17-32)12-26(11-24)18-32)28(33(20(2)35)30(34)36)31-13-21-7-22(14-31)9-23(8-21)15-31/h3-6,21-26,28-29H,7-18H2,1-2H3. The molecule has 9 aliphatic rings. The molecule has 2 unspecified atom stereocenters. The third-order valence-electron chi connectivity index (χ3n) is 12.6. The summed E-state index contributed by atoms with van der Waals surface area (Å²) in [5.74, 6) is 3.55. The predicted molar refractivity (Wildman–Crippen MR) is 147 cm³/mol. The van der Waals surface area contributed by atoms with E-state index in [2.05, 4.69) is 0 Å². The minimum atomic E-state index is -4.13. The number of carbonyl (C=O) groups excluding carboxylic acids is 2. The molecule has 10 rings (SSSR count). The zero-order valence-electron chi connectivity index (χ0n) is 23.3. The Labute approximate surface area is 232 Å². The van der Waals surface area contributed by atoms with Crippen LogP contribution in [0.5, 0.6) is 0 Å². The van der Waals surface area contributed by atoms with Gasteiger partial charge in [0.25, 0.3) is 10.0 Å². The molecule has 7 heteroatoms. The Bertz CT molecular complexity index is 1260. The van der Waals surface area contributed by atoms with Crippen molar-refractivity contribution in [3.8, 4) is 0 Å². The lowest BCUT2D eigenvalue weighted by Crippen LogP contribution is -2.65. The third kappa shape index (κ3) is 3.47. The Morgan fingerprint density at radius 3 is 1.49 bits per heavy atom. The van der Waals surface area contributed by atoms with E-state index in [1.54, 1.807) is 12.1 Å². The van der Waals surface area contributed by atoms with Crippen molar-refractivity contribution in [1.29, 1.82) is 0 Å². The lowest BCUT2D eigenvalue weighted by molar-refractivity contribution is -0.148. The maximum absolute atomic E-state index is 14.6. The lowest BCUT2D eigenvalue weighted by Gasteiger charge is -2.64. The fraction of sp³-hybridized carbons (Fsp3) is 0.750. The maximum atomic E-state index is 14.6. The summed E-state index contributed by atoms with van der Waals surface area (Å²) in [7, 11) is -4.13. The zero-order chi connectivity index (χ0) is 26.9. The molecule has 0 N–H and O–H groups in total. The van der Waals surface area contributed by atoms with Gasteiger partial charge in [-0.1, -0.05) is 17.7 Å². The molecule has 210 valence electrons. The topological polar surface area (TPSA) is 74.8 Å². The van der Waals surface area contributed by atoms with Gasteiger partial charge in [-0.05, 0) is 142 Å². The van der Waals surface area contributed by atoms with Gasteiger partial charge >= 0.3 is 6.03 Å². The van der Waals surface area contributed by atoms with E-state index in [0.29, 0.717) is 35.5 Å². The number of amides is 3. The SMILES string of the molecule is CC(=O)N1C(=O)N(S(=O)(=O)c2ccc(C)cc2)C(C23CC4CC(CC(C4)C2)C3)C1C12CC3CC(CC(C3)C1)C2. The van der Waals surface area contributed by atoms with E-state index in [-0.39, 0.29) is 27.7 Å². The first-order valence-corrected chi connectivity index (χ1v) is 17.0. The van der Waals surface area contributed by atoms with Gasteiger partial charge in [0.15, 0.2) is 0 Å². The highest BCUT2D eigenvalue weighted by Gasteiger charge is 2.70. The fourth-order valence-electron chi connectivity index (χ4n) is 12.3. The summed E-state index contributed by atoms with van der Waals surface area (Å²) in [5, 5.41) is 0. The second-order valence-corrected chi connectivity index (χ2v) is 17.0. The van der Waals surface area contributed by atoms with Crippen LogP contribution in [0.15, 0.2) is 29.2 Å². The maximum Gasteiger partial charge on any atom is 0.341 e. The Balaban J connectivity index is 1.32. The van der Waals surface area contributed by atoms with Crippen molar-refractivity contribution < 1.29 is 18.0 Å². The van der Waals surface area contributed by atoms with Crippen molar-refractivity contribution in [3.05, 3.63) is 29.8 Å². The highest BCUT2D eigenvalue weighted by Crippen LogP contribution is 2.69. The molecule has 3 amide bonds. The van der Waals surface area contributed by atoms with E-state index in [9.17, 15) is 18.0 Å². The highest BCUT2D eigenvalue weighted by atomic mass is 32.2. The van der Waals surface area contributed by atoms with Crippen LogP contribution in [0.25, 0.3) is 0 Å². The predicted octanol–water partition coefficient (Wildman–Crippen LogP) is 6.14. The van der Waals surface area contributed by atoms with Gasteiger partial charge in [0.1, 0.15) is 0 Å². The van der Waals surface area contributed by atoms with Gasteiger partial charge in [-0.25, -0.2) is 17.5 Å². The van der Waals surface area contributed by atoms with Crippen molar-refractivity contribution in [2.45, 2.75) is 108 Å². The molecule has 0 spiro atoms. The van der Waals surface area contributed by atoms with Gasteiger partial charge in [0.05, 0.1) is 17.0 Å². The Kier molecular flexibility index (Phi) is 5.17. The molecule has 6 nitrogen and oxygen atoms in total. The molecule has 9 fully saturated rings. The first-order chi connectivity index (χ1) is 18.6. The molecule has 8 aliphatic carbocycles. The van der Waals surface area contributed by atoms with Gasteiger partial charge in [-0.2, -0.15) is 0 Å². The Morgan fingerprint density at radius 2 is 1.10 bits per heavy atom. The number of carbonyl (C=O) groups is 2. The number of aryl methyl sites for hydroxylation is 1. The van der Waals surface area contributed by atoms with E-state index in [4.69, 9.17) is 0 Å². The first kappa shape index (κ1) is 24.9. The number of hydrogen-bond acceptors (Lipinski definition) is 4. The van der Waals surface area contributed by atoms with Crippen LogP contribution in [-0.4, -0.2) is 41.6 Å². The monoisotopic (exact) mass is 550 g/mol. The van der Waals surface area contributed by atoms with Crippen LogP contribution in [0.4, 0.5) is 4.79 Å². The number of hydrogen-bond donors (Lipinski definition) is 0. The van der Waals surface area contributed by atoms with Gasteiger partial charge < -0.3 is 0 Å². The summed E-state index contributed by atoms with van der Waals surface area (Å²) >= 11 is 0. The summed E-state index contributed by atoms with van der Waals surface area (Å²) in [5.41, 5.74) is 0.610. The number of nitrogens with zero attached hydrogens (tertiary/aromatic N) is 2. The van der Waals surface area contributed by atoms with E-state index >= 15 is 0 Å². The third-order valence-corrected chi connectivity index (χ3v) is 14.3. The number of urea groups is 1. The van der Waals surface area contributed by atoms with Gasteiger partial charge in [-0.3, -0.25) is 9.69 Å². The van der Waals surface area contributed by atoms with Gasteiger partial charge in [0, 0.05) is 6.92 Å². The Hall–Kier alpha value is -1.89. The quantitative estimate of drug-likeness (QED) is 0.452. The summed E-state index contributed by atoms with van der Waals surface area (Å²) in [6.45, 7) is 3.43. The molecule has 8 bridgehead atoms. The number of rotatable bonds is 4. The minimum Gasteiger partial charge on any atom is -0.275 e. The largest absolute Gasteiger partial charge is 0.341 e. The van der Waals surface area contributed by atoms with Crippen molar-refractivity contribution in [2.75, 3.05) is 0 Å². The molecule has 39 heavy (non-hydrogen) atoms. The second kappa shape index (κ2) is 8.10. The van der Waals surface area contributed by atoms with Crippen molar-refractivity contribution in [2.24, 2.45) is 46.3 Å². The zero-order valence-corrected chi connectivity index (χ0v) is 24.2. The molecule has 1 saturated heterocycles. The average molecular weight is 551 g/mol. The number of sulfonamides is 1. The van der Waals surface area contributed by atoms with Crippen LogP contribution in [-0.2, 0) is 14.8 Å². The van der Waals surface area contributed by atoms with E-state index in [0.717, 1.165) is 44.1 Å². The lowest BCUT2D eigenvalue weighted by atomic mass is 9.43. The van der Waals surface area contributed by atoms with Crippen molar-refractivity contribution >= 4 is 22.0 Å². The molecule has 1 aromatic carbocycles. The molecule has 0 aromatic heterocycles. The molecular weight excluding hydrogens is 508 g/mol. The van der Waals surface area contributed by atoms with E-state index < -0.39 is 22.1 Å². The van der Waals surface area contributed by atoms with Crippen LogP contribution in [0.3, 0.4) is 0 Å². The van der Waals surface area contributed by atoms with Crippen LogP contribution in [0.2, 0.25) is 0 Å². The highest BCUT2D eigenvalue weighted by molar-refractivity contribution is 7.89. The number of benzene rings is 1. The van der Waals surface area contributed by atoms with Crippen LogP contribution >= 0.6 is 0 Å². The molecule has 8 saturated carbocycles. The number of imide groups is 1. The van der Waals surface area contributed by atoms with Crippen LogP contribution in [0, 0.1) is 53.3 Å². The van der Waals surface area contributed by atoms with Crippen molar-refractivity contribution in [3.63, 3.8) is 0 Å². The Morgan fingerprint density at radius 1 is 0.718 bits per heavy atom. The average Bonchev–Trinajstić information content (AvgIpc) is 3.18. The molecule has 1 heterocycles. The normalized spacial score (nSPS) is 45.9. The van der Waals surface area contributed by atoms with Gasteiger partial charge in [-0.15, -0.1) is 0 Å². The van der Waals surface area contributed by atoms with Gasteiger partial charge in [0.2, 0.25) is 5.91 Å². The molecule has 2 atom stereocenters. The minimum absolute atomic E-state index is 0.151.